The van der Waals surface area contributed by atoms with Crippen molar-refractivity contribution in [1.29, 1.82) is 0 Å². The van der Waals surface area contributed by atoms with Crippen LogP contribution in [0.2, 0.25) is 0 Å². The van der Waals surface area contributed by atoms with Crippen molar-refractivity contribution in [1.82, 2.24) is 10.2 Å². The number of carbonyl (C=O) groups is 2. The van der Waals surface area contributed by atoms with Crippen LogP contribution in [0.5, 0.6) is 0 Å². The van der Waals surface area contributed by atoms with Crippen molar-refractivity contribution in [2.24, 2.45) is 5.92 Å². The van der Waals surface area contributed by atoms with Crippen molar-refractivity contribution >= 4 is 17.5 Å². The van der Waals surface area contributed by atoms with Gasteiger partial charge in [0.15, 0.2) is 0 Å². The molecule has 0 saturated carbocycles. The van der Waals surface area contributed by atoms with E-state index in [-0.39, 0.29) is 30.1 Å². The molecule has 0 aromatic heterocycles. The molecule has 0 aliphatic carbocycles. The van der Waals surface area contributed by atoms with E-state index in [1.807, 2.05) is 18.7 Å². The van der Waals surface area contributed by atoms with Crippen LogP contribution in [0.3, 0.4) is 0 Å². The third kappa shape index (κ3) is 5.72. The molecule has 144 valence electrons. The first-order valence-electron chi connectivity index (χ1n) is 8.65. The van der Waals surface area contributed by atoms with Crippen LogP contribution in [-0.2, 0) is 15.8 Å². The maximum Gasteiger partial charge on any atom is 0.418 e. The summed E-state index contributed by atoms with van der Waals surface area (Å²) in [6, 6.07) is 4.99. The zero-order valence-electron chi connectivity index (χ0n) is 14.9. The standard InChI is InChI=1S/C18H24F3N3O2/c1-12(2)22-17(26)13-7-9-24(10-8-13)11-16(25)23-15-6-4-3-5-14(15)18(19,20)21/h3-6,12-13H,7-11H2,1-2H3,(H,22,26)(H,23,25). The van der Waals surface area contributed by atoms with Gasteiger partial charge >= 0.3 is 6.18 Å². The third-order valence-corrected chi connectivity index (χ3v) is 4.26. The lowest BCUT2D eigenvalue weighted by atomic mass is 9.95. The highest BCUT2D eigenvalue weighted by Gasteiger charge is 2.33. The Morgan fingerprint density at radius 2 is 1.81 bits per heavy atom. The number of halogens is 3. The Labute approximate surface area is 150 Å². The summed E-state index contributed by atoms with van der Waals surface area (Å²) in [5.41, 5.74) is -1.10. The molecule has 0 radical (unpaired) electrons. The van der Waals surface area contributed by atoms with Gasteiger partial charge in [-0.1, -0.05) is 12.1 Å². The summed E-state index contributed by atoms with van der Waals surface area (Å²) in [6.07, 6.45) is -3.26. The number of anilines is 1. The van der Waals surface area contributed by atoms with Gasteiger partial charge in [-0.2, -0.15) is 13.2 Å². The van der Waals surface area contributed by atoms with Crippen LogP contribution in [-0.4, -0.2) is 42.4 Å². The molecule has 1 saturated heterocycles. The van der Waals surface area contributed by atoms with Crippen molar-refractivity contribution in [2.45, 2.75) is 38.9 Å². The Kier molecular flexibility index (Phi) is 6.63. The van der Waals surface area contributed by atoms with Gasteiger partial charge in [0, 0.05) is 12.0 Å². The molecule has 0 unspecified atom stereocenters. The Bertz CT molecular complexity index is 639. The van der Waals surface area contributed by atoms with Crippen molar-refractivity contribution < 1.29 is 22.8 Å². The van der Waals surface area contributed by atoms with Crippen LogP contribution in [0, 0.1) is 5.92 Å². The Hall–Kier alpha value is -2.09. The predicted molar refractivity (Wildman–Crippen MR) is 92.5 cm³/mol. The molecule has 1 aromatic carbocycles. The Morgan fingerprint density at radius 3 is 2.38 bits per heavy atom. The number of piperidine rings is 1. The molecule has 0 spiro atoms. The Morgan fingerprint density at radius 1 is 1.19 bits per heavy atom. The van der Waals surface area contributed by atoms with Gasteiger partial charge < -0.3 is 10.6 Å². The fourth-order valence-corrected chi connectivity index (χ4v) is 2.99. The molecule has 1 heterocycles. The first-order valence-corrected chi connectivity index (χ1v) is 8.65. The molecule has 1 aliphatic rings. The number of alkyl halides is 3. The second-order valence-electron chi connectivity index (χ2n) is 6.81. The second-order valence-corrected chi connectivity index (χ2v) is 6.81. The maximum atomic E-state index is 13.0. The lowest BCUT2D eigenvalue weighted by Crippen LogP contribution is -2.44. The van der Waals surface area contributed by atoms with E-state index >= 15 is 0 Å². The van der Waals surface area contributed by atoms with E-state index in [0.717, 1.165) is 6.07 Å². The largest absolute Gasteiger partial charge is 0.418 e. The summed E-state index contributed by atoms with van der Waals surface area (Å²) in [6.45, 7) is 4.92. The van der Waals surface area contributed by atoms with Gasteiger partial charge in [0.05, 0.1) is 17.8 Å². The summed E-state index contributed by atoms with van der Waals surface area (Å²) in [5, 5.41) is 5.22. The summed E-state index contributed by atoms with van der Waals surface area (Å²) < 4.78 is 38.9. The number of nitrogens with zero attached hydrogens (tertiary/aromatic N) is 1. The van der Waals surface area contributed by atoms with Crippen molar-refractivity contribution in [3.63, 3.8) is 0 Å². The predicted octanol–water partition coefficient (Wildman–Crippen LogP) is 2.88. The summed E-state index contributed by atoms with van der Waals surface area (Å²) >= 11 is 0. The minimum atomic E-state index is -4.52. The molecule has 8 heteroatoms. The number of para-hydroxylation sites is 1. The van der Waals surface area contributed by atoms with E-state index in [4.69, 9.17) is 0 Å². The second kappa shape index (κ2) is 8.53. The minimum absolute atomic E-state index is 0.00467. The van der Waals surface area contributed by atoms with E-state index in [2.05, 4.69) is 10.6 Å². The van der Waals surface area contributed by atoms with Gasteiger partial charge in [-0.25, -0.2) is 0 Å². The van der Waals surface area contributed by atoms with Crippen molar-refractivity contribution in [3.05, 3.63) is 29.8 Å². The van der Waals surface area contributed by atoms with E-state index in [9.17, 15) is 22.8 Å². The van der Waals surface area contributed by atoms with Crippen LogP contribution in [0.4, 0.5) is 18.9 Å². The normalized spacial score (nSPS) is 16.5. The zero-order chi connectivity index (χ0) is 19.3. The zero-order valence-corrected chi connectivity index (χ0v) is 14.9. The number of likely N-dealkylation sites (tertiary alicyclic amines) is 1. The van der Waals surface area contributed by atoms with Crippen LogP contribution >= 0.6 is 0 Å². The molecule has 2 amide bonds. The number of hydrogen-bond acceptors (Lipinski definition) is 3. The van der Waals surface area contributed by atoms with Gasteiger partial charge in [-0.05, 0) is 51.9 Å². The van der Waals surface area contributed by atoms with Gasteiger partial charge in [0.1, 0.15) is 0 Å². The number of benzene rings is 1. The SMILES string of the molecule is CC(C)NC(=O)C1CCN(CC(=O)Nc2ccccc2C(F)(F)F)CC1. The van der Waals surface area contributed by atoms with Gasteiger partial charge in [0.2, 0.25) is 11.8 Å². The molecule has 1 aromatic rings. The fourth-order valence-electron chi connectivity index (χ4n) is 2.99. The summed E-state index contributed by atoms with van der Waals surface area (Å²) in [5.74, 6) is -0.558. The van der Waals surface area contributed by atoms with Crippen LogP contribution in [0.1, 0.15) is 32.3 Å². The van der Waals surface area contributed by atoms with Crippen LogP contribution in [0.25, 0.3) is 0 Å². The van der Waals surface area contributed by atoms with Crippen LogP contribution < -0.4 is 10.6 Å². The molecular formula is C18H24F3N3O2. The van der Waals surface area contributed by atoms with Gasteiger partial charge in [-0.15, -0.1) is 0 Å². The molecule has 0 atom stereocenters. The number of amides is 2. The fraction of sp³-hybridized carbons (Fsp3) is 0.556. The molecule has 0 bridgehead atoms. The summed E-state index contributed by atoms with van der Waals surface area (Å²) in [7, 11) is 0. The first-order chi connectivity index (χ1) is 12.2. The highest BCUT2D eigenvalue weighted by atomic mass is 19.4. The average molecular weight is 371 g/mol. The lowest BCUT2D eigenvalue weighted by molar-refractivity contribution is -0.137. The lowest BCUT2D eigenvalue weighted by Gasteiger charge is -2.31. The van der Waals surface area contributed by atoms with E-state index < -0.39 is 17.6 Å². The van der Waals surface area contributed by atoms with Crippen molar-refractivity contribution in [2.75, 3.05) is 25.0 Å². The number of nitrogens with one attached hydrogen (secondary N) is 2. The molecular weight excluding hydrogens is 347 g/mol. The average Bonchev–Trinajstić information content (AvgIpc) is 2.54. The quantitative estimate of drug-likeness (QED) is 0.837. The van der Waals surface area contributed by atoms with E-state index in [0.29, 0.717) is 25.9 Å². The number of hydrogen-bond donors (Lipinski definition) is 2. The first kappa shape index (κ1) is 20.2. The molecule has 2 N–H and O–H groups in total. The smallest absolute Gasteiger partial charge is 0.354 e. The maximum absolute atomic E-state index is 13.0. The van der Waals surface area contributed by atoms with Crippen LogP contribution in [0.15, 0.2) is 24.3 Å². The summed E-state index contributed by atoms with van der Waals surface area (Å²) in [4.78, 5) is 26.0. The topological polar surface area (TPSA) is 61.4 Å². The molecule has 1 aliphatic heterocycles. The minimum Gasteiger partial charge on any atom is -0.354 e. The van der Waals surface area contributed by atoms with Gasteiger partial charge in [0.25, 0.3) is 0 Å². The molecule has 5 nitrogen and oxygen atoms in total. The number of rotatable bonds is 5. The highest BCUT2D eigenvalue weighted by molar-refractivity contribution is 5.93. The molecule has 1 fully saturated rings. The Balaban J connectivity index is 1.86. The highest BCUT2D eigenvalue weighted by Crippen LogP contribution is 2.34. The molecule has 2 rings (SSSR count). The van der Waals surface area contributed by atoms with E-state index in [1.165, 1.54) is 18.2 Å². The molecule has 26 heavy (non-hydrogen) atoms. The van der Waals surface area contributed by atoms with Gasteiger partial charge in [-0.3, -0.25) is 14.5 Å². The van der Waals surface area contributed by atoms with Crippen molar-refractivity contribution in [3.8, 4) is 0 Å². The van der Waals surface area contributed by atoms with E-state index in [1.54, 1.807) is 0 Å². The monoisotopic (exact) mass is 371 g/mol. The third-order valence-electron chi connectivity index (χ3n) is 4.26. The number of carbonyl (C=O) groups excluding carboxylic acids is 2.